The van der Waals surface area contributed by atoms with Crippen molar-refractivity contribution in [3.63, 3.8) is 0 Å². The van der Waals surface area contributed by atoms with Gasteiger partial charge in [-0.25, -0.2) is 9.88 Å². The van der Waals surface area contributed by atoms with E-state index in [0.29, 0.717) is 19.6 Å². The van der Waals surface area contributed by atoms with Crippen molar-refractivity contribution < 1.29 is 27.7 Å². The van der Waals surface area contributed by atoms with Crippen LogP contribution in [0.1, 0.15) is 64.5 Å². The zero-order chi connectivity index (χ0) is 24.6. The lowest BCUT2D eigenvalue weighted by molar-refractivity contribution is -0.145. The molecule has 2 aliphatic heterocycles. The number of carbonyl (C=O) groups excluding carboxylic acids is 1. The van der Waals surface area contributed by atoms with E-state index in [4.69, 9.17) is 30.3 Å². The first-order valence-electron chi connectivity index (χ1n) is 11.8. The summed E-state index contributed by atoms with van der Waals surface area (Å²) < 4.78 is 37.8. The quantitative estimate of drug-likeness (QED) is 0.238. The summed E-state index contributed by atoms with van der Waals surface area (Å²) in [4.78, 5) is 37.1. The third-order valence-electron chi connectivity index (χ3n) is 5.70. The first-order valence-corrected chi connectivity index (χ1v) is 14.4. The van der Waals surface area contributed by atoms with Crippen LogP contribution in [0.5, 0.6) is 0 Å². The lowest BCUT2D eigenvalue weighted by Gasteiger charge is -2.18. The van der Waals surface area contributed by atoms with E-state index in [1.165, 1.54) is 19.3 Å². The van der Waals surface area contributed by atoms with Crippen LogP contribution in [0, 0.1) is 5.82 Å². The largest absolute Gasteiger partial charge is 0.464 e. The molecule has 0 amide bonds. The molecule has 1 N–H and O–H groups in total. The molecule has 1 aromatic rings. The van der Waals surface area contributed by atoms with Gasteiger partial charge >= 0.3 is 11.7 Å². The average molecular weight is 522 g/mol. The van der Waals surface area contributed by atoms with E-state index < -0.39 is 41.9 Å². The number of aromatic nitrogens is 2. The molecular formula is C21H33FN3O7PS. The first-order chi connectivity index (χ1) is 16.3. The summed E-state index contributed by atoms with van der Waals surface area (Å²) in [5, 5.41) is 2.86. The van der Waals surface area contributed by atoms with Crippen LogP contribution in [0.2, 0.25) is 0 Å². The minimum absolute atomic E-state index is 0.0123. The Morgan fingerprint density at radius 2 is 2.03 bits per heavy atom. The molecule has 1 aromatic heterocycles. The minimum atomic E-state index is -3.01. The fourth-order valence-electron chi connectivity index (χ4n) is 3.81. The van der Waals surface area contributed by atoms with E-state index in [-0.39, 0.29) is 19.8 Å². The molecule has 2 aliphatic rings. The van der Waals surface area contributed by atoms with Gasteiger partial charge in [0.05, 0.1) is 32.6 Å². The number of esters is 1. The maximum atomic E-state index is 14.1. The highest BCUT2D eigenvalue weighted by atomic mass is 32.5. The van der Waals surface area contributed by atoms with Gasteiger partial charge in [-0.15, -0.1) is 0 Å². The van der Waals surface area contributed by atoms with Crippen LogP contribution in [0.25, 0.3) is 0 Å². The van der Waals surface area contributed by atoms with Gasteiger partial charge in [-0.2, -0.15) is 4.39 Å². The monoisotopic (exact) mass is 521 g/mol. The van der Waals surface area contributed by atoms with Crippen molar-refractivity contribution in [1.29, 1.82) is 0 Å². The summed E-state index contributed by atoms with van der Waals surface area (Å²) in [6.45, 7) is -0.425. The van der Waals surface area contributed by atoms with Gasteiger partial charge in [-0.3, -0.25) is 18.7 Å². The predicted molar refractivity (Wildman–Crippen MR) is 127 cm³/mol. The van der Waals surface area contributed by atoms with Crippen LogP contribution < -0.4 is 16.3 Å². The van der Waals surface area contributed by atoms with Crippen molar-refractivity contribution in [2.45, 2.75) is 77.1 Å². The van der Waals surface area contributed by atoms with Gasteiger partial charge in [0.2, 0.25) is 5.82 Å². The molecular weight excluding hydrogens is 488 g/mol. The van der Waals surface area contributed by atoms with Crippen molar-refractivity contribution in [3.05, 3.63) is 32.9 Å². The molecule has 0 unspecified atom stereocenters. The highest BCUT2D eigenvalue weighted by Crippen LogP contribution is 2.48. The second kappa shape index (κ2) is 13.0. The fraction of sp³-hybridized carbons (Fsp3) is 0.762. The molecule has 0 aromatic carbocycles. The maximum absolute atomic E-state index is 14.1. The third kappa shape index (κ3) is 7.29. The van der Waals surface area contributed by atoms with Crippen molar-refractivity contribution in [2.75, 3.05) is 26.4 Å². The van der Waals surface area contributed by atoms with Crippen LogP contribution in [0.4, 0.5) is 4.39 Å². The van der Waals surface area contributed by atoms with E-state index in [0.717, 1.165) is 41.0 Å². The summed E-state index contributed by atoms with van der Waals surface area (Å²) in [7, 11) is 0. The lowest BCUT2D eigenvalue weighted by atomic mass is 10.1. The number of carbonyl (C=O) groups is 1. The zero-order valence-corrected chi connectivity index (χ0v) is 21.1. The first kappa shape index (κ1) is 27.2. The Kier molecular flexibility index (Phi) is 10.4. The number of hydrogen-bond acceptors (Lipinski definition) is 8. The van der Waals surface area contributed by atoms with Crippen LogP contribution in [0.3, 0.4) is 0 Å². The number of halogens is 1. The molecule has 192 valence electrons. The number of nitrogens with one attached hydrogen (secondary N) is 1. The molecule has 3 heterocycles. The van der Waals surface area contributed by atoms with E-state index in [1.807, 2.05) is 0 Å². The highest BCUT2D eigenvalue weighted by Gasteiger charge is 2.37. The van der Waals surface area contributed by atoms with E-state index in [1.54, 1.807) is 0 Å². The molecule has 34 heavy (non-hydrogen) atoms. The number of rotatable bonds is 13. The van der Waals surface area contributed by atoms with Crippen molar-refractivity contribution in [1.82, 2.24) is 14.2 Å². The standard InChI is InChI=1S/C21H33FN3O7PS/c1-2-3-4-5-6-7-11-30-20(27)17-15-32-33(34,23-17)31-13-10-24-19(26)16(22)14-25(21(24)28)18-9-8-12-29-18/h14,17-18H,2-13,15H2,1H3,(H,23,34)/t17-,18+,33+/m1/s1. The maximum Gasteiger partial charge on any atom is 0.333 e. The van der Waals surface area contributed by atoms with Gasteiger partial charge in [-0.05, 0) is 31.1 Å². The second-order valence-corrected chi connectivity index (χ2v) is 11.5. The van der Waals surface area contributed by atoms with Crippen LogP contribution in [-0.4, -0.2) is 47.6 Å². The Labute approximate surface area is 202 Å². The van der Waals surface area contributed by atoms with Crippen molar-refractivity contribution in [2.24, 2.45) is 0 Å². The average Bonchev–Trinajstić information content (AvgIpc) is 3.48. The second-order valence-electron chi connectivity index (χ2n) is 8.33. The number of nitrogens with zero attached hydrogens (tertiary/aromatic N) is 2. The molecule has 0 aliphatic carbocycles. The van der Waals surface area contributed by atoms with E-state index >= 15 is 0 Å². The molecule has 2 fully saturated rings. The molecule has 0 saturated carbocycles. The molecule has 0 radical (unpaired) electrons. The summed E-state index contributed by atoms with van der Waals surface area (Å²) in [6.07, 6.45) is 8.10. The van der Waals surface area contributed by atoms with Crippen molar-refractivity contribution >= 4 is 24.4 Å². The predicted octanol–water partition coefficient (Wildman–Crippen LogP) is 2.59. The zero-order valence-electron chi connectivity index (χ0n) is 19.4. The molecule has 2 saturated heterocycles. The Hall–Kier alpha value is -1.43. The van der Waals surface area contributed by atoms with Gasteiger partial charge in [-0.1, -0.05) is 39.0 Å². The van der Waals surface area contributed by atoms with Gasteiger partial charge < -0.3 is 18.5 Å². The summed E-state index contributed by atoms with van der Waals surface area (Å²) in [6, 6.07) is -0.737. The van der Waals surface area contributed by atoms with Gasteiger partial charge in [0.1, 0.15) is 12.3 Å². The molecule has 3 rings (SSSR count). The Balaban J connectivity index is 1.46. The molecule has 0 spiro atoms. The normalized spacial score (nSPS) is 24.5. The van der Waals surface area contributed by atoms with Crippen LogP contribution >= 0.6 is 6.64 Å². The van der Waals surface area contributed by atoms with Gasteiger partial charge in [0.15, 0.2) is 0 Å². The Morgan fingerprint density at radius 3 is 2.76 bits per heavy atom. The van der Waals surface area contributed by atoms with E-state index in [9.17, 15) is 18.8 Å². The molecule has 3 atom stereocenters. The number of ether oxygens (including phenoxy) is 2. The Morgan fingerprint density at radius 1 is 1.26 bits per heavy atom. The Bertz CT molecular complexity index is 996. The summed E-state index contributed by atoms with van der Waals surface area (Å²) in [5.74, 6) is -1.51. The summed E-state index contributed by atoms with van der Waals surface area (Å²) in [5.41, 5.74) is -1.73. The van der Waals surface area contributed by atoms with Gasteiger partial charge in [0, 0.05) is 6.61 Å². The molecule has 0 bridgehead atoms. The SMILES string of the molecule is CCCCCCCCOC(=O)[C@H]1CO[P@@](=S)(OCCn2c(=O)c(F)cn([C@@H]3CCCO3)c2=O)N1. The minimum Gasteiger partial charge on any atom is -0.464 e. The van der Waals surface area contributed by atoms with Crippen LogP contribution in [-0.2, 0) is 41.7 Å². The smallest absolute Gasteiger partial charge is 0.333 e. The number of hydrogen-bond donors (Lipinski definition) is 1. The fourth-order valence-corrected chi connectivity index (χ4v) is 6.05. The summed E-state index contributed by atoms with van der Waals surface area (Å²) >= 11 is 5.36. The van der Waals surface area contributed by atoms with Gasteiger partial charge in [0.25, 0.3) is 12.2 Å². The molecule has 13 heteroatoms. The third-order valence-corrected chi connectivity index (χ3v) is 8.29. The highest BCUT2D eigenvalue weighted by molar-refractivity contribution is 8.09. The van der Waals surface area contributed by atoms with Crippen molar-refractivity contribution in [3.8, 4) is 0 Å². The van der Waals surface area contributed by atoms with E-state index in [2.05, 4.69) is 12.0 Å². The number of unbranched alkanes of at least 4 members (excludes halogenated alkanes) is 5. The molecule has 10 nitrogen and oxygen atoms in total. The topological polar surface area (TPSA) is 110 Å². The lowest BCUT2D eigenvalue weighted by Crippen LogP contribution is -2.43. The van der Waals surface area contributed by atoms with Crippen LogP contribution in [0.15, 0.2) is 15.8 Å².